The molecule has 0 aliphatic heterocycles. The summed E-state index contributed by atoms with van der Waals surface area (Å²) < 4.78 is 0. The Morgan fingerprint density at radius 2 is 2.21 bits per heavy atom. The highest BCUT2D eigenvalue weighted by Gasteiger charge is 2.14. The quantitative estimate of drug-likeness (QED) is 0.208. The van der Waals surface area contributed by atoms with Crippen molar-refractivity contribution in [3.63, 3.8) is 0 Å². The Labute approximate surface area is 78.2 Å². The molecular formula is C7H7N3O4. The van der Waals surface area contributed by atoms with E-state index < -0.39 is 16.4 Å². The molecule has 14 heavy (non-hydrogen) atoms. The number of amidine groups is 1. The molecule has 0 aromatic heterocycles. The Kier molecular flexibility index (Phi) is 2.52. The van der Waals surface area contributed by atoms with Crippen molar-refractivity contribution in [2.75, 3.05) is 0 Å². The maximum atomic E-state index is 10.4. The van der Waals surface area contributed by atoms with E-state index in [1.807, 2.05) is 0 Å². The van der Waals surface area contributed by atoms with Gasteiger partial charge in [0, 0.05) is 11.6 Å². The molecule has 0 bridgehead atoms. The van der Waals surface area contributed by atoms with Crippen molar-refractivity contribution in [2.24, 2.45) is 10.9 Å². The van der Waals surface area contributed by atoms with Crippen molar-refractivity contribution >= 4 is 11.5 Å². The molecule has 0 atom stereocenters. The molecule has 0 amide bonds. The topological polar surface area (TPSA) is 122 Å². The SMILES string of the molecule is NC(=NO)c1ccc(O)c([N+](=O)[O-])c1. The largest absolute Gasteiger partial charge is 0.502 e. The first kappa shape index (κ1) is 9.78. The van der Waals surface area contributed by atoms with Crippen molar-refractivity contribution in [3.8, 4) is 5.75 Å². The van der Waals surface area contributed by atoms with Gasteiger partial charge in [-0.15, -0.1) is 0 Å². The molecule has 0 unspecified atom stereocenters. The zero-order chi connectivity index (χ0) is 10.7. The van der Waals surface area contributed by atoms with Crippen LogP contribution in [-0.4, -0.2) is 21.1 Å². The molecule has 0 aliphatic rings. The fourth-order valence-electron chi connectivity index (χ4n) is 0.887. The number of oxime groups is 1. The lowest BCUT2D eigenvalue weighted by molar-refractivity contribution is -0.385. The monoisotopic (exact) mass is 197 g/mol. The summed E-state index contributed by atoms with van der Waals surface area (Å²) in [6.07, 6.45) is 0. The summed E-state index contributed by atoms with van der Waals surface area (Å²) in [6, 6.07) is 3.42. The average molecular weight is 197 g/mol. The van der Waals surface area contributed by atoms with Crippen molar-refractivity contribution in [1.82, 2.24) is 0 Å². The minimum Gasteiger partial charge on any atom is -0.502 e. The van der Waals surface area contributed by atoms with Crippen LogP contribution in [0, 0.1) is 10.1 Å². The second kappa shape index (κ2) is 3.60. The first-order valence-electron chi connectivity index (χ1n) is 3.51. The predicted molar refractivity (Wildman–Crippen MR) is 47.3 cm³/mol. The number of rotatable bonds is 2. The van der Waals surface area contributed by atoms with Crippen LogP contribution in [0.5, 0.6) is 5.75 Å². The first-order chi connectivity index (χ1) is 6.56. The van der Waals surface area contributed by atoms with Crippen LogP contribution in [0.2, 0.25) is 0 Å². The molecule has 1 aromatic carbocycles. The van der Waals surface area contributed by atoms with Gasteiger partial charge in [0.2, 0.25) is 0 Å². The average Bonchev–Trinajstić information content (AvgIpc) is 2.17. The van der Waals surface area contributed by atoms with Crippen molar-refractivity contribution < 1.29 is 15.2 Å². The van der Waals surface area contributed by atoms with Crippen LogP contribution in [-0.2, 0) is 0 Å². The molecule has 1 rings (SSSR count). The molecule has 0 radical (unpaired) electrons. The Hall–Kier alpha value is -2.31. The van der Waals surface area contributed by atoms with E-state index in [2.05, 4.69) is 5.16 Å². The van der Waals surface area contributed by atoms with E-state index >= 15 is 0 Å². The Balaban J connectivity index is 3.26. The van der Waals surface area contributed by atoms with E-state index in [9.17, 15) is 10.1 Å². The third kappa shape index (κ3) is 1.71. The molecule has 0 fully saturated rings. The zero-order valence-corrected chi connectivity index (χ0v) is 6.91. The third-order valence-electron chi connectivity index (χ3n) is 1.58. The molecule has 4 N–H and O–H groups in total. The summed E-state index contributed by atoms with van der Waals surface area (Å²) in [6.45, 7) is 0. The first-order valence-corrected chi connectivity index (χ1v) is 3.51. The van der Waals surface area contributed by atoms with Crippen molar-refractivity contribution in [1.29, 1.82) is 0 Å². The fourth-order valence-corrected chi connectivity index (χ4v) is 0.887. The summed E-state index contributed by atoms with van der Waals surface area (Å²) in [5, 5.41) is 30.5. The maximum absolute atomic E-state index is 10.4. The van der Waals surface area contributed by atoms with E-state index in [0.717, 1.165) is 12.1 Å². The molecule has 74 valence electrons. The van der Waals surface area contributed by atoms with Crippen LogP contribution in [0.4, 0.5) is 5.69 Å². The van der Waals surface area contributed by atoms with Gasteiger partial charge >= 0.3 is 5.69 Å². The van der Waals surface area contributed by atoms with Crippen LogP contribution < -0.4 is 5.73 Å². The van der Waals surface area contributed by atoms with Gasteiger partial charge in [-0.25, -0.2) is 0 Å². The number of hydrogen-bond acceptors (Lipinski definition) is 5. The van der Waals surface area contributed by atoms with Gasteiger partial charge in [0.05, 0.1) is 4.92 Å². The number of benzene rings is 1. The summed E-state index contributed by atoms with van der Waals surface area (Å²) in [5.74, 6) is -0.724. The highest BCUT2D eigenvalue weighted by atomic mass is 16.6. The van der Waals surface area contributed by atoms with Crippen LogP contribution in [0.15, 0.2) is 23.4 Å². The number of nitro groups is 1. The molecule has 0 saturated carbocycles. The number of nitrogens with zero attached hydrogens (tertiary/aromatic N) is 2. The van der Waals surface area contributed by atoms with Gasteiger partial charge in [0.25, 0.3) is 0 Å². The van der Waals surface area contributed by atoms with Crippen LogP contribution >= 0.6 is 0 Å². The van der Waals surface area contributed by atoms with Gasteiger partial charge in [0.1, 0.15) is 0 Å². The second-order valence-electron chi connectivity index (χ2n) is 2.45. The molecule has 0 saturated heterocycles. The van der Waals surface area contributed by atoms with Gasteiger partial charge < -0.3 is 16.0 Å². The normalized spacial score (nSPS) is 11.3. The van der Waals surface area contributed by atoms with Crippen LogP contribution in [0.1, 0.15) is 5.56 Å². The smallest absolute Gasteiger partial charge is 0.311 e. The lowest BCUT2D eigenvalue weighted by Crippen LogP contribution is -2.13. The Morgan fingerprint density at radius 3 is 2.71 bits per heavy atom. The Morgan fingerprint density at radius 1 is 1.57 bits per heavy atom. The van der Waals surface area contributed by atoms with Gasteiger partial charge in [0.15, 0.2) is 11.6 Å². The van der Waals surface area contributed by atoms with Gasteiger partial charge in [-0.2, -0.15) is 0 Å². The standard InChI is InChI=1S/C7H7N3O4/c8-7(9-12)4-1-2-6(11)5(3-4)10(13)14/h1-3,11-12H,(H2,8,9). The number of nitrogens with two attached hydrogens (primary N) is 1. The molecule has 0 heterocycles. The molecule has 1 aromatic rings. The number of hydrogen-bond donors (Lipinski definition) is 3. The molecular weight excluding hydrogens is 190 g/mol. The number of phenols is 1. The molecule has 7 heteroatoms. The number of phenolic OH excluding ortho intramolecular Hbond substituents is 1. The van der Waals surface area contributed by atoms with Crippen LogP contribution in [0.3, 0.4) is 0 Å². The van der Waals surface area contributed by atoms with Gasteiger partial charge in [-0.05, 0) is 12.1 Å². The lowest BCUT2D eigenvalue weighted by atomic mass is 10.2. The highest BCUT2D eigenvalue weighted by molar-refractivity contribution is 5.97. The molecule has 0 spiro atoms. The summed E-state index contributed by atoms with van der Waals surface area (Å²) in [7, 11) is 0. The number of aromatic hydroxyl groups is 1. The molecule has 7 nitrogen and oxygen atoms in total. The van der Waals surface area contributed by atoms with Crippen molar-refractivity contribution in [3.05, 3.63) is 33.9 Å². The van der Waals surface area contributed by atoms with E-state index in [1.165, 1.54) is 6.07 Å². The minimum absolute atomic E-state index is 0.164. The second-order valence-corrected chi connectivity index (χ2v) is 2.45. The van der Waals surface area contributed by atoms with E-state index in [1.54, 1.807) is 0 Å². The van der Waals surface area contributed by atoms with Gasteiger partial charge in [-0.1, -0.05) is 5.16 Å². The zero-order valence-electron chi connectivity index (χ0n) is 6.91. The van der Waals surface area contributed by atoms with Crippen molar-refractivity contribution in [2.45, 2.75) is 0 Å². The summed E-state index contributed by atoms with van der Waals surface area (Å²) >= 11 is 0. The lowest BCUT2D eigenvalue weighted by Gasteiger charge is -1.99. The fraction of sp³-hybridized carbons (Fsp3) is 0. The highest BCUT2D eigenvalue weighted by Crippen LogP contribution is 2.25. The van der Waals surface area contributed by atoms with Gasteiger partial charge in [-0.3, -0.25) is 10.1 Å². The summed E-state index contributed by atoms with van der Waals surface area (Å²) in [4.78, 5) is 9.63. The van der Waals surface area contributed by atoms with E-state index in [0.29, 0.717) is 0 Å². The number of nitro benzene ring substituents is 1. The maximum Gasteiger partial charge on any atom is 0.311 e. The Bertz CT molecular complexity index is 402. The summed E-state index contributed by atoms with van der Waals surface area (Å²) in [5.41, 5.74) is 4.88. The predicted octanol–water partition coefficient (Wildman–Crippen LogP) is 0.395. The van der Waals surface area contributed by atoms with E-state index in [4.69, 9.17) is 16.0 Å². The van der Waals surface area contributed by atoms with E-state index in [-0.39, 0.29) is 11.4 Å². The third-order valence-corrected chi connectivity index (χ3v) is 1.58. The van der Waals surface area contributed by atoms with Crippen LogP contribution in [0.25, 0.3) is 0 Å². The molecule has 0 aliphatic carbocycles. The minimum atomic E-state index is -0.760.